The number of nitrogens with zero attached hydrogens (tertiary/aromatic N) is 1. The van der Waals surface area contributed by atoms with Crippen molar-refractivity contribution in [1.82, 2.24) is 4.98 Å². The van der Waals surface area contributed by atoms with Crippen LogP contribution in [0.3, 0.4) is 0 Å². The maximum absolute atomic E-state index is 11.1. The summed E-state index contributed by atoms with van der Waals surface area (Å²) in [6, 6.07) is 3.07. The summed E-state index contributed by atoms with van der Waals surface area (Å²) in [6.07, 6.45) is 2.37. The van der Waals surface area contributed by atoms with E-state index >= 15 is 0 Å². The lowest BCUT2D eigenvalue weighted by atomic mass is 9.72. The van der Waals surface area contributed by atoms with E-state index in [1.54, 1.807) is 6.07 Å². The van der Waals surface area contributed by atoms with Gasteiger partial charge in [-0.05, 0) is 18.6 Å². The SMILES string of the molecule is NC1C2CCOC2C1Nc1ccc(S(N)(=O)=O)cn1. The zero-order chi connectivity index (χ0) is 13.6. The number of rotatable bonds is 3. The van der Waals surface area contributed by atoms with E-state index in [1.807, 2.05) is 0 Å². The molecule has 104 valence electrons. The van der Waals surface area contributed by atoms with Gasteiger partial charge in [-0.15, -0.1) is 0 Å². The number of sulfonamides is 1. The molecule has 1 saturated carbocycles. The van der Waals surface area contributed by atoms with Gasteiger partial charge in [-0.1, -0.05) is 0 Å². The summed E-state index contributed by atoms with van der Waals surface area (Å²) in [5, 5.41) is 8.19. The highest BCUT2D eigenvalue weighted by Crippen LogP contribution is 2.39. The molecule has 0 amide bonds. The molecule has 0 spiro atoms. The van der Waals surface area contributed by atoms with E-state index in [0.717, 1.165) is 13.0 Å². The van der Waals surface area contributed by atoms with Crippen molar-refractivity contribution in [3.8, 4) is 0 Å². The largest absolute Gasteiger partial charge is 0.376 e. The van der Waals surface area contributed by atoms with Crippen LogP contribution < -0.4 is 16.2 Å². The number of hydrogen-bond acceptors (Lipinski definition) is 6. The van der Waals surface area contributed by atoms with Crippen LogP contribution in [-0.2, 0) is 14.8 Å². The smallest absolute Gasteiger partial charge is 0.239 e. The monoisotopic (exact) mass is 284 g/mol. The molecule has 3 rings (SSSR count). The van der Waals surface area contributed by atoms with Gasteiger partial charge in [0, 0.05) is 24.8 Å². The van der Waals surface area contributed by atoms with Crippen LogP contribution in [0.2, 0.25) is 0 Å². The van der Waals surface area contributed by atoms with E-state index in [9.17, 15) is 8.42 Å². The highest BCUT2D eigenvalue weighted by atomic mass is 32.2. The molecule has 0 aromatic carbocycles. The number of pyridine rings is 1. The van der Waals surface area contributed by atoms with Crippen molar-refractivity contribution < 1.29 is 13.2 Å². The molecule has 7 nitrogen and oxygen atoms in total. The first-order valence-corrected chi connectivity index (χ1v) is 7.64. The third-order valence-electron chi connectivity index (χ3n) is 3.83. The highest BCUT2D eigenvalue weighted by Gasteiger charge is 2.52. The van der Waals surface area contributed by atoms with E-state index in [1.165, 1.54) is 12.3 Å². The van der Waals surface area contributed by atoms with Gasteiger partial charge in [0.15, 0.2) is 0 Å². The Bertz CT molecular complexity index is 574. The highest BCUT2D eigenvalue weighted by molar-refractivity contribution is 7.89. The van der Waals surface area contributed by atoms with E-state index in [-0.39, 0.29) is 23.1 Å². The summed E-state index contributed by atoms with van der Waals surface area (Å²) in [6.45, 7) is 0.749. The Labute approximate surface area is 111 Å². The van der Waals surface area contributed by atoms with Gasteiger partial charge in [0.25, 0.3) is 0 Å². The summed E-state index contributed by atoms with van der Waals surface area (Å²) in [5.74, 6) is 0.989. The number of anilines is 1. The van der Waals surface area contributed by atoms with Crippen molar-refractivity contribution in [1.29, 1.82) is 0 Å². The van der Waals surface area contributed by atoms with E-state index in [0.29, 0.717) is 11.7 Å². The van der Waals surface area contributed by atoms with Gasteiger partial charge in [0.2, 0.25) is 10.0 Å². The number of primary sulfonamides is 1. The summed E-state index contributed by atoms with van der Waals surface area (Å²) < 4.78 is 27.8. The quantitative estimate of drug-likeness (QED) is 0.672. The van der Waals surface area contributed by atoms with Gasteiger partial charge in [-0.25, -0.2) is 18.5 Å². The van der Waals surface area contributed by atoms with Crippen molar-refractivity contribution in [3.63, 3.8) is 0 Å². The Kier molecular flexibility index (Phi) is 2.97. The standard InChI is InChI=1S/C11H16N4O3S/c12-9-7-3-4-18-11(7)10(9)15-8-2-1-6(5-14-8)19(13,16)17/h1-2,5,7,9-11H,3-4,12H2,(H,14,15)(H2,13,16,17). The topological polar surface area (TPSA) is 120 Å². The minimum atomic E-state index is -3.70. The lowest BCUT2D eigenvalue weighted by molar-refractivity contribution is 0.00524. The molecule has 1 aromatic rings. The van der Waals surface area contributed by atoms with Crippen LogP contribution in [0.1, 0.15) is 6.42 Å². The van der Waals surface area contributed by atoms with Crippen LogP contribution in [0.25, 0.3) is 0 Å². The van der Waals surface area contributed by atoms with Crippen molar-refractivity contribution in [2.45, 2.75) is 29.5 Å². The average molecular weight is 284 g/mol. The Morgan fingerprint density at radius 2 is 2.21 bits per heavy atom. The number of hydrogen-bond donors (Lipinski definition) is 3. The molecule has 1 saturated heterocycles. The first-order valence-electron chi connectivity index (χ1n) is 6.09. The van der Waals surface area contributed by atoms with Crippen molar-refractivity contribution >= 4 is 15.8 Å². The molecule has 2 heterocycles. The van der Waals surface area contributed by atoms with Gasteiger partial charge in [-0.2, -0.15) is 0 Å². The number of fused-ring (bicyclic) bond motifs is 1. The maximum Gasteiger partial charge on any atom is 0.239 e. The molecule has 0 bridgehead atoms. The molecule has 8 heteroatoms. The molecule has 2 fully saturated rings. The molecule has 2 aliphatic rings. The minimum Gasteiger partial charge on any atom is -0.376 e. The lowest BCUT2D eigenvalue weighted by Gasteiger charge is -2.45. The fraction of sp³-hybridized carbons (Fsp3) is 0.545. The Balaban J connectivity index is 1.71. The minimum absolute atomic E-state index is 0.00838. The molecule has 1 aliphatic carbocycles. The predicted octanol–water partition coefficient (Wildman–Crippen LogP) is -0.744. The molecule has 4 unspecified atom stereocenters. The van der Waals surface area contributed by atoms with Gasteiger partial charge in [-0.3, -0.25) is 0 Å². The second kappa shape index (κ2) is 4.41. The van der Waals surface area contributed by atoms with Crippen LogP contribution in [0.15, 0.2) is 23.2 Å². The van der Waals surface area contributed by atoms with Crippen molar-refractivity contribution in [3.05, 3.63) is 18.3 Å². The van der Waals surface area contributed by atoms with Crippen LogP contribution in [0, 0.1) is 5.92 Å². The average Bonchev–Trinajstić information content (AvgIpc) is 2.80. The third kappa shape index (κ3) is 2.20. The van der Waals surface area contributed by atoms with Crippen LogP contribution in [-0.4, -0.2) is 38.2 Å². The number of ether oxygens (including phenoxy) is 1. The number of nitrogens with one attached hydrogen (secondary N) is 1. The van der Waals surface area contributed by atoms with Gasteiger partial charge < -0.3 is 15.8 Å². The van der Waals surface area contributed by atoms with E-state index in [2.05, 4.69) is 10.3 Å². The van der Waals surface area contributed by atoms with Gasteiger partial charge >= 0.3 is 0 Å². The zero-order valence-corrected chi connectivity index (χ0v) is 11.0. The third-order valence-corrected chi connectivity index (χ3v) is 4.72. The molecule has 0 radical (unpaired) electrons. The van der Waals surface area contributed by atoms with Crippen LogP contribution in [0.4, 0.5) is 5.82 Å². The summed E-state index contributed by atoms with van der Waals surface area (Å²) in [4.78, 5) is 4.03. The molecular formula is C11H16N4O3S. The normalized spacial score (nSPS) is 33.6. The molecular weight excluding hydrogens is 268 g/mol. The fourth-order valence-electron chi connectivity index (χ4n) is 2.73. The van der Waals surface area contributed by atoms with Crippen LogP contribution in [0.5, 0.6) is 0 Å². The van der Waals surface area contributed by atoms with Crippen molar-refractivity contribution in [2.75, 3.05) is 11.9 Å². The van der Waals surface area contributed by atoms with Crippen LogP contribution >= 0.6 is 0 Å². The van der Waals surface area contributed by atoms with Gasteiger partial charge in [0.1, 0.15) is 10.7 Å². The number of nitrogens with two attached hydrogens (primary N) is 2. The molecule has 19 heavy (non-hydrogen) atoms. The number of aromatic nitrogens is 1. The lowest BCUT2D eigenvalue weighted by Crippen LogP contribution is -2.65. The summed E-state index contributed by atoms with van der Waals surface area (Å²) in [7, 11) is -3.70. The second-order valence-electron chi connectivity index (χ2n) is 4.96. The molecule has 5 N–H and O–H groups in total. The fourth-order valence-corrected chi connectivity index (χ4v) is 3.19. The van der Waals surface area contributed by atoms with Crippen molar-refractivity contribution in [2.24, 2.45) is 16.8 Å². The Morgan fingerprint density at radius 1 is 1.42 bits per heavy atom. The molecule has 1 aromatic heterocycles. The molecule has 4 atom stereocenters. The van der Waals surface area contributed by atoms with E-state index in [4.69, 9.17) is 15.6 Å². The first-order chi connectivity index (χ1) is 8.97. The summed E-state index contributed by atoms with van der Waals surface area (Å²) in [5.41, 5.74) is 6.07. The molecule has 1 aliphatic heterocycles. The van der Waals surface area contributed by atoms with Gasteiger partial charge in [0.05, 0.1) is 12.1 Å². The summed E-state index contributed by atoms with van der Waals surface area (Å²) >= 11 is 0. The Morgan fingerprint density at radius 3 is 2.84 bits per heavy atom. The predicted molar refractivity (Wildman–Crippen MR) is 68.8 cm³/mol. The van der Waals surface area contributed by atoms with E-state index < -0.39 is 10.0 Å². The second-order valence-corrected chi connectivity index (χ2v) is 6.52. The Hall–Kier alpha value is -1.22. The first kappa shape index (κ1) is 12.8. The maximum atomic E-state index is 11.1. The zero-order valence-electron chi connectivity index (χ0n) is 10.2.